The molecule has 1 N–H and O–H groups in total. The summed E-state index contributed by atoms with van der Waals surface area (Å²) in [7, 11) is 0. The number of nitrogens with one attached hydrogen (secondary N) is 1. The molecule has 8 nitrogen and oxygen atoms in total. The van der Waals surface area contributed by atoms with Gasteiger partial charge in [-0.05, 0) is 24.3 Å². The normalized spacial score (nSPS) is 10.2. The Morgan fingerprint density at radius 2 is 2.11 bits per heavy atom. The summed E-state index contributed by atoms with van der Waals surface area (Å²) >= 11 is 3.36. The van der Waals surface area contributed by atoms with E-state index in [0.29, 0.717) is 11.3 Å². The highest BCUT2D eigenvalue weighted by Gasteiger charge is 2.14. The topological polar surface area (TPSA) is 103 Å². The van der Waals surface area contributed by atoms with Gasteiger partial charge in [0, 0.05) is 16.1 Å². The number of para-hydroxylation sites is 2. The molecule has 27 heavy (non-hydrogen) atoms. The molecule has 0 aromatic heterocycles. The molecule has 0 bridgehead atoms. The van der Waals surface area contributed by atoms with E-state index in [4.69, 9.17) is 15.9 Å². The maximum Gasteiger partial charge on any atom is 0.310 e. The minimum absolute atomic E-state index is 0.00253. The number of hydrogen-bond donors (Lipinski definition) is 1. The van der Waals surface area contributed by atoms with E-state index in [2.05, 4.69) is 32.4 Å². The summed E-state index contributed by atoms with van der Waals surface area (Å²) in [5.74, 6) is 2.36. The highest BCUT2D eigenvalue weighted by molar-refractivity contribution is 9.10. The van der Waals surface area contributed by atoms with Crippen LogP contribution in [-0.2, 0) is 4.79 Å². The first-order chi connectivity index (χ1) is 13.0. The second-order valence-corrected chi connectivity index (χ2v) is 5.84. The van der Waals surface area contributed by atoms with Crippen molar-refractivity contribution in [3.63, 3.8) is 0 Å². The quantitative estimate of drug-likeness (QED) is 0.299. The molecule has 0 heterocycles. The van der Waals surface area contributed by atoms with Crippen molar-refractivity contribution in [3.8, 4) is 23.8 Å². The number of benzene rings is 2. The van der Waals surface area contributed by atoms with E-state index in [0.717, 1.165) is 4.47 Å². The van der Waals surface area contributed by atoms with E-state index < -0.39 is 17.4 Å². The monoisotopic (exact) mass is 431 g/mol. The molecule has 0 aliphatic heterocycles. The van der Waals surface area contributed by atoms with Crippen molar-refractivity contribution in [2.24, 2.45) is 5.10 Å². The largest absolute Gasteiger partial charge is 0.481 e. The Labute approximate surface area is 163 Å². The maximum absolute atomic E-state index is 11.8. The van der Waals surface area contributed by atoms with Crippen molar-refractivity contribution >= 4 is 33.7 Å². The molecule has 138 valence electrons. The molecule has 0 spiro atoms. The maximum atomic E-state index is 11.8. The van der Waals surface area contributed by atoms with Crippen molar-refractivity contribution < 1.29 is 19.2 Å². The summed E-state index contributed by atoms with van der Waals surface area (Å²) in [5.41, 5.74) is 2.72. The third kappa shape index (κ3) is 6.13. The number of terminal acetylenes is 1. The van der Waals surface area contributed by atoms with Crippen LogP contribution in [0.15, 0.2) is 52.0 Å². The van der Waals surface area contributed by atoms with Gasteiger partial charge in [-0.25, -0.2) is 5.43 Å². The van der Waals surface area contributed by atoms with Gasteiger partial charge in [-0.1, -0.05) is 34.0 Å². The Hall–Kier alpha value is -3.38. The van der Waals surface area contributed by atoms with Crippen LogP contribution < -0.4 is 14.9 Å². The first-order valence-electron chi connectivity index (χ1n) is 7.55. The highest BCUT2D eigenvalue weighted by Crippen LogP contribution is 2.25. The Bertz CT molecular complexity index is 908. The standard InChI is InChI=1S/C18H14BrN3O5/c1-2-9-26-14-7-8-15(19)13(10-14)11-20-21-18(23)12-27-17-6-4-3-5-16(17)22(24)25/h1,3-8,10-11H,9,12H2,(H,21,23)/b20-11-. The zero-order chi connectivity index (χ0) is 19.6. The average Bonchev–Trinajstić information content (AvgIpc) is 2.66. The van der Waals surface area contributed by atoms with Crippen LogP contribution in [0, 0.1) is 22.5 Å². The number of rotatable bonds is 8. The second kappa shape index (κ2) is 9.94. The van der Waals surface area contributed by atoms with E-state index in [-0.39, 0.29) is 18.0 Å². The molecule has 0 saturated heterocycles. The predicted molar refractivity (Wildman–Crippen MR) is 103 cm³/mol. The minimum atomic E-state index is -0.585. The molecule has 0 unspecified atom stereocenters. The number of hydrazone groups is 1. The summed E-state index contributed by atoms with van der Waals surface area (Å²) < 4.78 is 11.2. The van der Waals surface area contributed by atoms with Crippen LogP contribution in [-0.4, -0.2) is 30.3 Å². The minimum Gasteiger partial charge on any atom is -0.481 e. The number of amides is 1. The fraction of sp³-hybridized carbons (Fsp3) is 0.111. The first-order valence-corrected chi connectivity index (χ1v) is 8.34. The molecule has 9 heteroatoms. The van der Waals surface area contributed by atoms with Crippen LogP contribution in [0.25, 0.3) is 0 Å². The van der Waals surface area contributed by atoms with Gasteiger partial charge in [0.15, 0.2) is 12.4 Å². The van der Waals surface area contributed by atoms with E-state index in [1.807, 2.05) is 0 Å². The third-order valence-corrected chi connectivity index (χ3v) is 3.83. The molecular formula is C18H14BrN3O5. The Morgan fingerprint density at radius 3 is 2.85 bits per heavy atom. The molecule has 0 saturated carbocycles. The van der Waals surface area contributed by atoms with Crippen LogP contribution in [0.5, 0.6) is 11.5 Å². The Morgan fingerprint density at radius 1 is 1.33 bits per heavy atom. The van der Waals surface area contributed by atoms with Gasteiger partial charge in [-0.15, -0.1) is 6.42 Å². The molecular weight excluding hydrogens is 418 g/mol. The van der Waals surface area contributed by atoms with Crippen molar-refractivity contribution in [1.82, 2.24) is 5.43 Å². The molecule has 2 aromatic carbocycles. The fourth-order valence-electron chi connectivity index (χ4n) is 1.91. The number of carbonyl (C=O) groups excluding carboxylic acids is 1. The molecule has 1 amide bonds. The van der Waals surface area contributed by atoms with Crippen LogP contribution >= 0.6 is 15.9 Å². The lowest BCUT2D eigenvalue weighted by Gasteiger charge is -2.06. The number of ether oxygens (including phenoxy) is 2. The van der Waals surface area contributed by atoms with Gasteiger partial charge >= 0.3 is 5.69 Å². The number of nitro benzene ring substituents is 1. The van der Waals surface area contributed by atoms with Gasteiger partial charge in [0.05, 0.1) is 11.1 Å². The molecule has 0 radical (unpaired) electrons. The molecule has 2 rings (SSSR count). The number of nitro groups is 1. The third-order valence-electron chi connectivity index (χ3n) is 3.10. The second-order valence-electron chi connectivity index (χ2n) is 4.98. The van der Waals surface area contributed by atoms with E-state index in [1.165, 1.54) is 24.4 Å². The summed E-state index contributed by atoms with van der Waals surface area (Å²) in [6, 6.07) is 11.0. The SMILES string of the molecule is C#CCOc1ccc(Br)c(/C=N\NC(=O)COc2ccccc2[N+](=O)[O-])c1. The lowest BCUT2D eigenvalue weighted by molar-refractivity contribution is -0.385. The van der Waals surface area contributed by atoms with Crippen molar-refractivity contribution in [2.45, 2.75) is 0 Å². The average molecular weight is 432 g/mol. The van der Waals surface area contributed by atoms with Gasteiger partial charge in [0.1, 0.15) is 12.4 Å². The van der Waals surface area contributed by atoms with E-state index in [1.54, 1.807) is 24.3 Å². The smallest absolute Gasteiger partial charge is 0.310 e. The number of halogens is 1. The van der Waals surface area contributed by atoms with E-state index in [9.17, 15) is 14.9 Å². The van der Waals surface area contributed by atoms with Gasteiger partial charge < -0.3 is 9.47 Å². The zero-order valence-electron chi connectivity index (χ0n) is 13.9. The number of carbonyl (C=O) groups is 1. The summed E-state index contributed by atoms with van der Waals surface area (Å²) in [5, 5.41) is 14.7. The highest BCUT2D eigenvalue weighted by atomic mass is 79.9. The zero-order valence-corrected chi connectivity index (χ0v) is 15.5. The number of nitrogens with zero attached hydrogens (tertiary/aromatic N) is 2. The van der Waals surface area contributed by atoms with Crippen LogP contribution in [0.3, 0.4) is 0 Å². The predicted octanol–water partition coefficient (Wildman–Crippen LogP) is 2.90. The van der Waals surface area contributed by atoms with Gasteiger partial charge in [0.25, 0.3) is 5.91 Å². The van der Waals surface area contributed by atoms with Crippen LogP contribution in [0.2, 0.25) is 0 Å². The molecule has 0 aliphatic carbocycles. The van der Waals surface area contributed by atoms with Crippen molar-refractivity contribution in [1.29, 1.82) is 0 Å². The summed E-state index contributed by atoms with van der Waals surface area (Å²) in [4.78, 5) is 22.1. The van der Waals surface area contributed by atoms with Gasteiger partial charge in [-0.2, -0.15) is 5.10 Å². The van der Waals surface area contributed by atoms with Gasteiger partial charge in [0.2, 0.25) is 0 Å². The van der Waals surface area contributed by atoms with Crippen molar-refractivity contribution in [3.05, 3.63) is 62.6 Å². The first kappa shape index (κ1) is 19.9. The Balaban J connectivity index is 1.92. The number of hydrogen-bond acceptors (Lipinski definition) is 6. The van der Waals surface area contributed by atoms with Crippen LogP contribution in [0.4, 0.5) is 5.69 Å². The molecule has 0 atom stereocenters. The fourth-order valence-corrected chi connectivity index (χ4v) is 2.26. The van der Waals surface area contributed by atoms with E-state index >= 15 is 0 Å². The Kier molecular flexibility index (Phi) is 7.34. The summed E-state index contributed by atoms with van der Waals surface area (Å²) in [6.07, 6.45) is 6.56. The molecule has 0 aliphatic rings. The molecule has 0 fully saturated rings. The lowest BCUT2D eigenvalue weighted by Crippen LogP contribution is -2.24. The van der Waals surface area contributed by atoms with Crippen LogP contribution in [0.1, 0.15) is 5.56 Å². The lowest BCUT2D eigenvalue weighted by atomic mass is 10.2. The molecule has 2 aromatic rings. The van der Waals surface area contributed by atoms with Gasteiger partial charge in [-0.3, -0.25) is 14.9 Å². The summed E-state index contributed by atoms with van der Waals surface area (Å²) in [6.45, 7) is -0.285. The van der Waals surface area contributed by atoms with Crippen molar-refractivity contribution in [2.75, 3.05) is 13.2 Å².